The standard InChI is InChI=1S/C17H13BrN2O3/c18-13-4-2-1-3-12(13)14-7-8-20(19-14)17(21)11-5-6-15-16(9-11)23-10-22-15/h1-6,9H,7-8,10H2. The van der Waals surface area contributed by atoms with Crippen LogP contribution in [0.25, 0.3) is 0 Å². The van der Waals surface area contributed by atoms with Crippen molar-refractivity contribution < 1.29 is 14.3 Å². The van der Waals surface area contributed by atoms with E-state index in [-0.39, 0.29) is 12.7 Å². The molecule has 0 atom stereocenters. The summed E-state index contributed by atoms with van der Waals surface area (Å²) in [5.41, 5.74) is 2.48. The zero-order valence-corrected chi connectivity index (χ0v) is 13.7. The van der Waals surface area contributed by atoms with Gasteiger partial charge in [-0.25, -0.2) is 5.01 Å². The van der Waals surface area contributed by atoms with Crippen LogP contribution in [0.4, 0.5) is 0 Å². The van der Waals surface area contributed by atoms with E-state index in [4.69, 9.17) is 9.47 Å². The maximum atomic E-state index is 12.6. The number of ether oxygens (including phenoxy) is 2. The molecule has 5 nitrogen and oxygen atoms in total. The number of carbonyl (C=O) groups excluding carboxylic acids is 1. The minimum Gasteiger partial charge on any atom is -0.454 e. The number of benzene rings is 2. The lowest BCUT2D eigenvalue weighted by atomic mass is 10.1. The predicted molar refractivity (Wildman–Crippen MR) is 88.9 cm³/mol. The van der Waals surface area contributed by atoms with Gasteiger partial charge < -0.3 is 9.47 Å². The summed E-state index contributed by atoms with van der Waals surface area (Å²) in [4.78, 5) is 12.6. The van der Waals surface area contributed by atoms with Crippen LogP contribution in [0.3, 0.4) is 0 Å². The molecule has 4 rings (SSSR count). The van der Waals surface area contributed by atoms with Crippen molar-refractivity contribution in [1.82, 2.24) is 5.01 Å². The molecular formula is C17H13BrN2O3. The van der Waals surface area contributed by atoms with Gasteiger partial charge in [0.2, 0.25) is 6.79 Å². The number of fused-ring (bicyclic) bond motifs is 1. The molecule has 23 heavy (non-hydrogen) atoms. The average molecular weight is 373 g/mol. The maximum Gasteiger partial charge on any atom is 0.274 e. The Bertz CT molecular complexity index is 819. The van der Waals surface area contributed by atoms with Gasteiger partial charge in [-0.3, -0.25) is 4.79 Å². The fourth-order valence-corrected chi connectivity index (χ4v) is 3.18. The summed E-state index contributed by atoms with van der Waals surface area (Å²) in [6.45, 7) is 0.769. The predicted octanol–water partition coefficient (Wildman–Crippen LogP) is 3.43. The largest absolute Gasteiger partial charge is 0.454 e. The first kappa shape index (κ1) is 14.3. The van der Waals surface area contributed by atoms with Crippen molar-refractivity contribution in [3.8, 4) is 11.5 Å². The molecule has 0 bridgehead atoms. The molecule has 0 spiro atoms. The number of hydrogen-bond acceptors (Lipinski definition) is 4. The summed E-state index contributed by atoms with van der Waals surface area (Å²) in [6, 6.07) is 13.1. The number of amides is 1. The lowest BCUT2D eigenvalue weighted by Gasteiger charge is -2.11. The molecule has 2 aliphatic rings. The molecule has 0 N–H and O–H groups in total. The van der Waals surface area contributed by atoms with Gasteiger partial charge in [0, 0.05) is 22.0 Å². The third-order valence-electron chi connectivity index (χ3n) is 3.84. The first-order chi connectivity index (χ1) is 11.2. The van der Waals surface area contributed by atoms with Gasteiger partial charge >= 0.3 is 0 Å². The fraction of sp³-hybridized carbons (Fsp3) is 0.176. The Morgan fingerprint density at radius 2 is 1.96 bits per heavy atom. The number of hydrogen-bond donors (Lipinski definition) is 0. The van der Waals surface area contributed by atoms with Gasteiger partial charge in [0.15, 0.2) is 11.5 Å². The molecule has 0 saturated heterocycles. The molecule has 1 amide bonds. The third kappa shape index (κ3) is 2.59. The molecular weight excluding hydrogens is 360 g/mol. The zero-order chi connectivity index (χ0) is 15.8. The van der Waals surface area contributed by atoms with Crippen molar-refractivity contribution in [2.75, 3.05) is 13.3 Å². The number of nitrogens with zero attached hydrogens (tertiary/aromatic N) is 2. The van der Waals surface area contributed by atoms with E-state index in [0.717, 1.165) is 22.2 Å². The van der Waals surface area contributed by atoms with Gasteiger partial charge in [-0.15, -0.1) is 0 Å². The van der Waals surface area contributed by atoms with Crippen molar-refractivity contribution in [2.24, 2.45) is 5.10 Å². The molecule has 2 aromatic carbocycles. The summed E-state index contributed by atoms with van der Waals surface area (Å²) in [6.07, 6.45) is 0.735. The SMILES string of the molecule is O=C(c1ccc2c(c1)OCO2)N1CCC(c2ccccc2Br)=N1. The van der Waals surface area contributed by atoms with Crippen LogP contribution in [0.5, 0.6) is 11.5 Å². The number of carbonyl (C=O) groups is 1. The molecule has 2 aromatic rings. The fourth-order valence-electron chi connectivity index (χ4n) is 2.67. The van der Waals surface area contributed by atoms with Crippen LogP contribution in [-0.2, 0) is 0 Å². The third-order valence-corrected chi connectivity index (χ3v) is 4.53. The van der Waals surface area contributed by atoms with E-state index in [1.54, 1.807) is 18.2 Å². The summed E-state index contributed by atoms with van der Waals surface area (Å²) >= 11 is 3.53. The van der Waals surface area contributed by atoms with E-state index in [2.05, 4.69) is 21.0 Å². The van der Waals surface area contributed by atoms with Crippen LogP contribution in [0, 0.1) is 0 Å². The maximum absolute atomic E-state index is 12.6. The Kier molecular flexibility index (Phi) is 3.53. The lowest BCUT2D eigenvalue weighted by Crippen LogP contribution is -2.23. The highest BCUT2D eigenvalue weighted by Gasteiger charge is 2.25. The Morgan fingerprint density at radius 3 is 2.83 bits per heavy atom. The molecule has 0 fully saturated rings. The second kappa shape index (κ2) is 5.70. The highest BCUT2D eigenvalue weighted by atomic mass is 79.9. The van der Waals surface area contributed by atoms with Crippen molar-refractivity contribution >= 4 is 27.5 Å². The van der Waals surface area contributed by atoms with Crippen LogP contribution >= 0.6 is 15.9 Å². The van der Waals surface area contributed by atoms with Gasteiger partial charge in [0.05, 0.1) is 12.3 Å². The van der Waals surface area contributed by atoms with E-state index >= 15 is 0 Å². The molecule has 0 unspecified atom stereocenters. The summed E-state index contributed by atoms with van der Waals surface area (Å²) in [7, 11) is 0. The highest BCUT2D eigenvalue weighted by Crippen LogP contribution is 2.33. The molecule has 6 heteroatoms. The van der Waals surface area contributed by atoms with Crippen molar-refractivity contribution in [3.05, 3.63) is 58.1 Å². The highest BCUT2D eigenvalue weighted by molar-refractivity contribution is 9.10. The number of hydrazone groups is 1. The smallest absolute Gasteiger partial charge is 0.274 e. The molecule has 116 valence electrons. The van der Waals surface area contributed by atoms with E-state index in [9.17, 15) is 4.79 Å². The van der Waals surface area contributed by atoms with Crippen LogP contribution in [0.15, 0.2) is 52.0 Å². The van der Waals surface area contributed by atoms with E-state index in [1.165, 1.54) is 5.01 Å². The molecule has 0 aliphatic carbocycles. The van der Waals surface area contributed by atoms with Gasteiger partial charge in [-0.2, -0.15) is 5.10 Å². The van der Waals surface area contributed by atoms with Gasteiger partial charge in [0.25, 0.3) is 5.91 Å². The lowest BCUT2D eigenvalue weighted by molar-refractivity contribution is 0.0778. The molecule has 2 heterocycles. The van der Waals surface area contributed by atoms with Crippen molar-refractivity contribution in [1.29, 1.82) is 0 Å². The van der Waals surface area contributed by atoms with Gasteiger partial charge in [-0.05, 0) is 24.3 Å². The monoisotopic (exact) mass is 372 g/mol. The summed E-state index contributed by atoms with van der Waals surface area (Å²) < 4.78 is 11.6. The first-order valence-corrected chi connectivity index (χ1v) is 8.05. The van der Waals surface area contributed by atoms with Gasteiger partial charge in [-0.1, -0.05) is 34.1 Å². The average Bonchev–Trinajstić information content (AvgIpc) is 3.23. The van der Waals surface area contributed by atoms with E-state index in [1.807, 2.05) is 24.3 Å². The van der Waals surface area contributed by atoms with Crippen molar-refractivity contribution in [2.45, 2.75) is 6.42 Å². The second-order valence-electron chi connectivity index (χ2n) is 5.27. The minimum atomic E-state index is -0.134. The number of rotatable bonds is 2. The quantitative estimate of drug-likeness (QED) is 0.811. The first-order valence-electron chi connectivity index (χ1n) is 7.26. The van der Waals surface area contributed by atoms with Crippen LogP contribution < -0.4 is 9.47 Å². The Hall–Kier alpha value is -2.34. The summed E-state index contributed by atoms with van der Waals surface area (Å²) in [5, 5.41) is 5.99. The molecule has 0 saturated carbocycles. The summed E-state index contributed by atoms with van der Waals surface area (Å²) in [5.74, 6) is 1.13. The van der Waals surface area contributed by atoms with Crippen LogP contribution in [0.2, 0.25) is 0 Å². The van der Waals surface area contributed by atoms with Gasteiger partial charge in [0.1, 0.15) is 0 Å². The minimum absolute atomic E-state index is 0.134. The normalized spacial score (nSPS) is 15.7. The topological polar surface area (TPSA) is 51.1 Å². The second-order valence-corrected chi connectivity index (χ2v) is 6.13. The van der Waals surface area contributed by atoms with Crippen LogP contribution in [-0.4, -0.2) is 30.0 Å². The Labute approximate surface area is 141 Å². The van der Waals surface area contributed by atoms with E-state index in [0.29, 0.717) is 23.6 Å². The number of halogens is 1. The molecule has 0 aromatic heterocycles. The Morgan fingerprint density at radius 1 is 1.13 bits per heavy atom. The zero-order valence-electron chi connectivity index (χ0n) is 12.2. The molecule has 0 radical (unpaired) electrons. The van der Waals surface area contributed by atoms with Crippen LogP contribution in [0.1, 0.15) is 22.3 Å². The van der Waals surface area contributed by atoms with Crippen molar-refractivity contribution in [3.63, 3.8) is 0 Å². The van der Waals surface area contributed by atoms with E-state index < -0.39 is 0 Å². The molecule has 2 aliphatic heterocycles. The Balaban J connectivity index is 1.59.